The predicted molar refractivity (Wildman–Crippen MR) is 74.1 cm³/mol. The zero-order valence-electron chi connectivity index (χ0n) is 10.2. The van der Waals surface area contributed by atoms with Crippen molar-refractivity contribution in [3.05, 3.63) is 29.6 Å². The zero-order valence-corrected chi connectivity index (χ0v) is 11.8. The number of hydrogen-bond acceptors (Lipinski definition) is 7. The molecule has 1 aromatic heterocycles. The molecule has 19 heavy (non-hydrogen) atoms. The maximum Gasteiger partial charge on any atom is 0.176 e. The van der Waals surface area contributed by atoms with Gasteiger partial charge in [0.25, 0.3) is 0 Å². The van der Waals surface area contributed by atoms with Crippen molar-refractivity contribution in [3.8, 4) is 11.5 Å². The molecule has 0 radical (unpaired) electrons. The molecule has 2 N–H and O–H groups in total. The van der Waals surface area contributed by atoms with Gasteiger partial charge in [-0.25, -0.2) is 4.98 Å². The summed E-state index contributed by atoms with van der Waals surface area (Å²) in [6.07, 6.45) is 0.768. The molecule has 100 valence electrons. The third kappa shape index (κ3) is 3.45. The minimum Gasteiger partial charge on any atom is -0.508 e. The molecule has 0 bridgehead atoms. The number of thioether (sulfide) groups is 1. The van der Waals surface area contributed by atoms with Gasteiger partial charge in [-0.1, -0.05) is 18.7 Å². The highest BCUT2D eigenvalue weighted by molar-refractivity contribution is 8.01. The fourth-order valence-electron chi connectivity index (χ4n) is 1.40. The van der Waals surface area contributed by atoms with Crippen molar-refractivity contribution >= 4 is 29.1 Å². The Bertz CT molecular complexity index is 598. The highest BCUT2D eigenvalue weighted by Gasteiger charge is 2.13. The van der Waals surface area contributed by atoms with Gasteiger partial charge >= 0.3 is 0 Å². The Hall–Kier alpha value is -1.60. The van der Waals surface area contributed by atoms with Crippen molar-refractivity contribution in [1.29, 1.82) is 0 Å². The lowest BCUT2D eigenvalue weighted by atomic mass is 10.1. The minimum absolute atomic E-state index is 0.0709. The van der Waals surface area contributed by atoms with Gasteiger partial charge in [0.15, 0.2) is 10.1 Å². The average Bonchev–Trinajstić information content (AvgIpc) is 2.84. The highest BCUT2D eigenvalue weighted by Crippen LogP contribution is 2.26. The standard InChI is InChI=1S/C12H12N2O3S2/c1-2-11-13-12(19-14-11)18-6-10(17)8-4-3-7(15)5-9(8)16/h3-5,15-16H,2,6H2,1H3. The number of Topliss-reactive ketones (excluding diaryl/α,β-unsaturated/α-hetero) is 1. The molecule has 0 spiro atoms. The molecule has 0 saturated carbocycles. The Kier molecular flexibility index (Phi) is 4.39. The fraction of sp³-hybridized carbons (Fsp3) is 0.250. The summed E-state index contributed by atoms with van der Waals surface area (Å²) < 4.78 is 4.87. The Balaban J connectivity index is 2.01. The molecule has 0 aliphatic rings. The van der Waals surface area contributed by atoms with Crippen molar-refractivity contribution in [2.75, 3.05) is 5.75 Å². The number of ketones is 1. The van der Waals surface area contributed by atoms with Crippen LogP contribution in [0.15, 0.2) is 22.5 Å². The third-order valence-corrected chi connectivity index (χ3v) is 4.25. The fourth-order valence-corrected chi connectivity index (χ4v) is 2.98. The van der Waals surface area contributed by atoms with Crippen molar-refractivity contribution < 1.29 is 15.0 Å². The van der Waals surface area contributed by atoms with Crippen LogP contribution in [0, 0.1) is 0 Å². The smallest absolute Gasteiger partial charge is 0.176 e. The summed E-state index contributed by atoms with van der Waals surface area (Å²) in [5.41, 5.74) is 0.200. The Morgan fingerprint density at radius 1 is 1.42 bits per heavy atom. The van der Waals surface area contributed by atoms with E-state index in [1.54, 1.807) is 0 Å². The molecule has 0 unspecified atom stereocenters. The number of hydrogen-bond donors (Lipinski definition) is 2. The Labute approximate surface area is 118 Å². The molecule has 0 aliphatic heterocycles. The summed E-state index contributed by atoms with van der Waals surface area (Å²) in [7, 11) is 0. The molecule has 0 saturated heterocycles. The first-order valence-corrected chi connectivity index (χ1v) is 7.36. The van der Waals surface area contributed by atoms with E-state index in [0.717, 1.165) is 22.7 Å². The number of aromatic hydroxyl groups is 2. The number of aromatic nitrogens is 2. The second-order valence-electron chi connectivity index (χ2n) is 3.74. The molecule has 1 aromatic carbocycles. The van der Waals surface area contributed by atoms with Crippen LogP contribution in [-0.2, 0) is 6.42 Å². The van der Waals surface area contributed by atoms with E-state index in [1.807, 2.05) is 6.92 Å². The molecular formula is C12H12N2O3S2. The number of phenols is 2. The second kappa shape index (κ2) is 6.03. The number of aryl methyl sites for hydroxylation is 1. The predicted octanol–water partition coefficient (Wildman–Crippen LogP) is 2.49. The van der Waals surface area contributed by atoms with Crippen molar-refractivity contribution in [2.45, 2.75) is 17.7 Å². The van der Waals surface area contributed by atoms with Gasteiger partial charge in [-0.05, 0) is 23.7 Å². The first-order valence-electron chi connectivity index (χ1n) is 5.60. The monoisotopic (exact) mass is 296 g/mol. The van der Waals surface area contributed by atoms with Crippen LogP contribution < -0.4 is 0 Å². The van der Waals surface area contributed by atoms with E-state index in [4.69, 9.17) is 5.11 Å². The van der Waals surface area contributed by atoms with Crippen LogP contribution in [0.25, 0.3) is 0 Å². The molecule has 0 atom stereocenters. The summed E-state index contributed by atoms with van der Waals surface area (Å²) in [5, 5.41) is 18.7. The lowest BCUT2D eigenvalue weighted by Gasteiger charge is -2.03. The van der Waals surface area contributed by atoms with E-state index in [0.29, 0.717) is 0 Å². The van der Waals surface area contributed by atoms with Crippen LogP contribution >= 0.6 is 23.3 Å². The van der Waals surface area contributed by atoms with E-state index >= 15 is 0 Å². The van der Waals surface area contributed by atoms with Crippen LogP contribution in [-0.4, -0.2) is 31.1 Å². The number of carbonyl (C=O) groups is 1. The SMILES string of the molecule is CCc1nsc(SCC(=O)c2ccc(O)cc2O)n1. The average molecular weight is 296 g/mol. The van der Waals surface area contributed by atoms with Gasteiger partial charge in [0, 0.05) is 12.5 Å². The zero-order chi connectivity index (χ0) is 13.8. The van der Waals surface area contributed by atoms with E-state index < -0.39 is 0 Å². The van der Waals surface area contributed by atoms with Gasteiger partial charge in [0.05, 0.1) is 11.3 Å². The summed E-state index contributed by atoms with van der Waals surface area (Å²) in [4.78, 5) is 16.2. The lowest BCUT2D eigenvalue weighted by molar-refractivity contribution is 0.102. The third-order valence-electron chi connectivity index (χ3n) is 2.37. The van der Waals surface area contributed by atoms with Crippen LogP contribution in [0.3, 0.4) is 0 Å². The molecule has 7 heteroatoms. The quantitative estimate of drug-likeness (QED) is 0.651. The van der Waals surface area contributed by atoms with Gasteiger partial charge in [-0.15, -0.1) is 0 Å². The van der Waals surface area contributed by atoms with Crippen molar-refractivity contribution in [2.24, 2.45) is 0 Å². The molecule has 2 rings (SSSR count). The summed E-state index contributed by atoms with van der Waals surface area (Å²) in [6, 6.07) is 3.93. The van der Waals surface area contributed by atoms with Crippen LogP contribution in [0.4, 0.5) is 0 Å². The number of benzene rings is 1. The Morgan fingerprint density at radius 2 is 2.21 bits per heavy atom. The first-order chi connectivity index (χ1) is 9.10. The topological polar surface area (TPSA) is 83.3 Å². The van der Waals surface area contributed by atoms with Crippen molar-refractivity contribution in [1.82, 2.24) is 9.36 Å². The van der Waals surface area contributed by atoms with Crippen LogP contribution in [0.2, 0.25) is 0 Å². The summed E-state index contributed by atoms with van der Waals surface area (Å²) in [6.45, 7) is 1.97. The number of phenolic OH excluding ortho intramolecular Hbond substituents is 2. The van der Waals surface area contributed by atoms with Gasteiger partial charge < -0.3 is 10.2 Å². The maximum absolute atomic E-state index is 11.9. The molecule has 0 amide bonds. The van der Waals surface area contributed by atoms with E-state index in [9.17, 15) is 9.90 Å². The molecular weight excluding hydrogens is 284 g/mol. The number of rotatable bonds is 5. The number of nitrogens with zero attached hydrogens (tertiary/aromatic N) is 2. The van der Waals surface area contributed by atoms with Gasteiger partial charge in [-0.2, -0.15) is 4.37 Å². The minimum atomic E-state index is -0.212. The largest absolute Gasteiger partial charge is 0.508 e. The highest BCUT2D eigenvalue weighted by atomic mass is 32.2. The second-order valence-corrected chi connectivity index (χ2v) is 5.72. The van der Waals surface area contributed by atoms with Gasteiger partial charge in [0.1, 0.15) is 17.3 Å². The molecule has 1 heterocycles. The lowest BCUT2D eigenvalue weighted by Crippen LogP contribution is -2.02. The van der Waals surface area contributed by atoms with E-state index in [2.05, 4.69) is 9.36 Å². The molecule has 0 fully saturated rings. The summed E-state index contributed by atoms with van der Waals surface area (Å²) in [5.74, 6) is 0.454. The van der Waals surface area contributed by atoms with Crippen LogP contribution in [0.5, 0.6) is 11.5 Å². The first kappa shape index (κ1) is 13.8. The number of carbonyl (C=O) groups excluding carboxylic acids is 1. The molecule has 5 nitrogen and oxygen atoms in total. The Morgan fingerprint density at radius 3 is 2.84 bits per heavy atom. The van der Waals surface area contributed by atoms with E-state index in [1.165, 1.54) is 35.4 Å². The van der Waals surface area contributed by atoms with Crippen LogP contribution in [0.1, 0.15) is 23.1 Å². The molecule has 0 aliphatic carbocycles. The van der Waals surface area contributed by atoms with Gasteiger partial charge in [-0.3, -0.25) is 4.79 Å². The maximum atomic E-state index is 11.9. The summed E-state index contributed by atoms with van der Waals surface area (Å²) >= 11 is 2.56. The van der Waals surface area contributed by atoms with Gasteiger partial charge in [0.2, 0.25) is 0 Å². The van der Waals surface area contributed by atoms with E-state index in [-0.39, 0.29) is 28.6 Å². The normalized spacial score (nSPS) is 10.6. The van der Waals surface area contributed by atoms with Crippen molar-refractivity contribution in [3.63, 3.8) is 0 Å². The molecule has 2 aromatic rings.